The summed E-state index contributed by atoms with van der Waals surface area (Å²) in [5, 5.41) is 35.0. The van der Waals surface area contributed by atoms with Crippen LogP contribution in [0.5, 0.6) is 0 Å². The number of nitrogens with two attached hydrogens (primary N) is 3. The second-order valence-electron chi connectivity index (χ2n) is 7.27. The zero-order valence-corrected chi connectivity index (χ0v) is 18.0. The maximum absolute atomic E-state index is 12.5. The lowest BCUT2D eigenvalue weighted by molar-refractivity contribution is -0.143. The summed E-state index contributed by atoms with van der Waals surface area (Å²) in [6.07, 6.45) is -0.429. The van der Waals surface area contributed by atoms with Crippen molar-refractivity contribution in [3.05, 3.63) is 0 Å². The Morgan fingerprint density at radius 3 is 1.97 bits per heavy atom. The fourth-order valence-corrected chi connectivity index (χ4v) is 2.58. The number of amides is 4. The summed E-state index contributed by atoms with van der Waals surface area (Å²) in [4.78, 5) is 59.1. The van der Waals surface area contributed by atoms with E-state index >= 15 is 0 Å². The van der Waals surface area contributed by atoms with E-state index in [0.717, 1.165) is 0 Å². The number of aliphatic hydroxyl groups excluding tert-OH is 2. The Balaban J connectivity index is 5.08. The molecule has 4 amide bonds. The van der Waals surface area contributed by atoms with Crippen LogP contribution in [0.3, 0.4) is 0 Å². The van der Waals surface area contributed by atoms with Crippen LogP contribution in [0.1, 0.15) is 39.0 Å². The first-order chi connectivity index (χ1) is 14.9. The van der Waals surface area contributed by atoms with E-state index in [9.17, 15) is 34.2 Å². The third-order valence-electron chi connectivity index (χ3n) is 4.48. The van der Waals surface area contributed by atoms with Crippen LogP contribution < -0.4 is 33.2 Å². The monoisotopic (exact) mass is 462 g/mol. The fraction of sp³-hybridized carbons (Fsp3) is 0.722. The Morgan fingerprint density at radius 2 is 1.50 bits per heavy atom. The number of rotatable bonds is 16. The van der Waals surface area contributed by atoms with E-state index in [0.29, 0.717) is 25.8 Å². The molecule has 0 aliphatic heterocycles. The van der Waals surface area contributed by atoms with Crippen LogP contribution in [0.2, 0.25) is 0 Å². The zero-order valence-electron chi connectivity index (χ0n) is 18.0. The maximum Gasteiger partial charge on any atom is 0.326 e. The first-order valence-corrected chi connectivity index (χ1v) is 10.1. The number of unbranched alkanes of at least 4 members (excludes halogenated alkanes) is 1. The summed E-state index contributed by atoms with van der Waals surface area (Å²) in [5.74, 6) is -4.97. The molecule has 0 saturated carbocycles. The van der Waals surface area contributed by atoms with E-state index in [4.69, 9.17) is 22.3 Å². The first-order valence-electron chi connectivity index (χ1n) is 10.1. The molecule has 0 saturated heterocycles. The minimum atomic E-state index is -1.59. The van der Waals surface area contributed by atoms with Crippen molar-refractivity contribution in [3.8, 4) is 0 Å². The molecule has 0 heterocycles. The molecule has 0 radical (unpaired) electrons. The summed E-state index contributed by atoms with van der Waals surface area (Å²) in [7, 11) is 0. The normalized spacial score (nSPS) is 15.5. The van der Waals surface area contributed by atoms with Crippen LogP contribution in [-0.2, 0) is 24.0 Å². The van der Waals surface area contributed by atoms with E-state index in [1.54, 1.807) is 0 Å². The van der Waals surface area contributed by atoms with E-state index in [-0.39, 0.29) is 12.8 Å². The molecular formula is C18H34N6O8. The second-order valence-corrected chi connectivity index (χ2v) is 7.27. The van der Waals surface area contributed by atoms with E-state index in [2.05, 4.69) is 16.0 Å². The van der Waals surface area contributed by atoms with E-state index < -0.39 is 66.5 Å². The molecule has 14 nitrogen and oxygen atoms in total. The first kappa shape index (κ1) is 29.2. The largest absolute Gasteiger partial charge is 0.480 e. The number of aliphatic hydroxyl groups is 2. The topological polar surface area (TPSA) is 260 Å². The molecular weight excluding hydrogens is 428 g/mol. The number of nitrogens with one attached hydrogen (secondary N) is 3. The summed E-state index contributed by atoms with van der Waals surface area (Å²) >= 11 is 0. The third kappa shape index (κ3) is 11.0. The van der Waals surface area contributed by atoms with Crippen molar-refractivity contribution in [2.24, 2.45) is 17.2 Å². The number of primary amides is 1. The van der Waals surface area contributed by atoms with Gasteiger partial charge < -0.3 is 48.5 Å². The number of aliphatic carboxylic acids is 1. The van der Waals surface area contributed by atoms with Gasteiger partial charge >= 0.3 is 5.97 Å². The molecule has 5 atom stereocenters. The Morgan fingerprint density at radius 1 is 0.906 bits per heavy atom. The minimum Gasteiger partial charge on any atom is -0.480 e. The lowest BCUT2D eigenvalue weighted by Crippen LogP contribution is -2.60. The molecule has 0 rings (SSSR count). The molecule has 0 aliphatic carbocycles. The molecule has 0 aromatic rings. The van der Waals surface area contributed by atoms with E-state index in [1.807, 2.05) is 0 Å². The number of carbonyl (C=O) groups excluding carboxylic acids is 4. The molecule has 0 spiro atoms. The average Bonchev–Trinajstić information content (AvgIpc) is 2.71. The van der Waals surface area contributed by atoms with Crippen LogP contribution in [0.25, 0.3) is 0 Å². The van der Waals surface area contributed by atoms with Crippen molar-refractivity contribution < 1.29 is 39.3 Å². The highest BCUT2D eigenvalue weighted by atomic mass is 16.4. The van der Waals surface area contributed by atoms with Gasteiger partial charge in [0, 0.05) is 6.42 Å². The van der Waals surface area contributed by atoms with Gasteiger partial charge in [0.05, 0.1) is 18.8 Å². The van der Waals surface area contributed by atoms with Crippen LogP contribution in [0, 0.1) is 0 Å². The van der Waals surface area contributed by atoms with Gasteiger partial charge in [0.2, 0.25) is 23.6 Å². The van der Waals surface area contributed by atoms with Crippen molar-refractivity contribution in [3.63, 3.8) is 0 Å². The molecule has 0 aromatic carbocycles. The highest BCUT2D eigenvalue weighted by Gasteiger charge is 2.32. The molecule has 184 valence electrons. The van der Waals surface area contributed by atoms with Crippen LogP contribution in [0.4, 0.5) is 0 Å². The number of carboxylic acids is 1. The Kier molecular flexibility index (Phi) is 13.7. The molecule has 5 unspecified atom stereocenters. The average molecular weight is 463 g/mol. The van der Waals surface area contributed by atoms with Crippen molar-refractivity contribution >= 4 is 29.6 Å². The summed E-state index contributed by atoms with van der Waals surface area (Å²) in [6, 6.07) is -5.52. The molecule has 0 aliphatic rings. The van der Waals surface area contributed by atoms with Gasteiger partial charge in [-0.1, -0.05) is 6.42 Å². The maximum atomic E-state index is 12.5. The predicted molar refractivity (Wildman–Crippen MR) is 112 cm³/mol. The van der Waals surface area contributed by atoms with Gasteiger partial charge in [-0.05, 0) is 32.7 Å². The van der Waals surface area contributed by atoms with Gasteiger partial charge in [0.25, 0.3) is 0 Å². The third-order valence-corrected chi connectivity index (χ3v) is 4.48. The number of hydrogen-bond acceptors (Lipinski definition) is 9. The number of hydrogen-bond donors (Lipinski definition) is 9. The van der Waals surface area contributed by atoms with Gasteiger partial charge in [0.1, 0.15) is 18.1 Å². The van der Waals surface area contributed by atoms with E-state index in [1.165, 1.54) is 6.92 Å². The van der Waals surface area contributed by atoms with Crippen LogP contribution in [-0.4, -0.2) is 88.3 Å². The van der Waals surface area contributed by atoms with Gasteiger partial charge in [-0.25, -0.2) is 4.79 Å². The summed E-state index contributed by atoms with van der Waals surface area (Å²) < 4.78 is 0. The smallest absolute Gasteiger partial charge is 0.326 e. The molecule has 12 N–H and O–H groups in total. The fourth-order valence-electron chi connectivity index (χ4n) is 2.58. The highest BCUT2D eigenvalue weighted by molar-refractivity contribution is 5.94. The summed E-state index contributed by atoms with van der Waals surface area (Å²) in [5.41, 5.74) is 16.1. The molecule has 0 aromatic heterocycles. The van der Waals surface area contributed by atoms with Crippen molar-refractivity contribution in [1.29, 1.82) is 0 Å². The van der Waals surface area contributed by atoms with Crippen LogP contribution >= 0.6 is 0 Å². The molecule has 14 heteroatoms. The van der Waals surface area contributed by atoms with Gasteiger partial charge in [-0.2, -0.15) is 0 Å². The minimum absolute atomic E-state index is 0.295. The van der Waals surface area contributed by atoms with Crippen LogP contribution in [0.15, 0.2) is 0 Å². The Labute approximate surface area is 185 Å². The number of carbonyl (C=O) groups is 5. The Bertz CT molecular complexity index is 659. The lowest BCUT2D eigenvalue weighted by atomic mass is 10.1. The standard InChI is InChI=1S/C18H34N6O8/c1-9(26)14(24-15(28)10(20)4-2-3-7-19)17(30)23-12(8-25)16(29)22-11(18(31)32)5-6-13(21)27/h9-12,14,25-26H,2-8,19-20H2,1H3,(H2,21,27)(H,22,29)(H,23,30)(H,24,28)(H,31,32). The molecule has 0 fully saturated rings. The lowest BCUT2D eigenvalue weighted by Gasteiger charge is -2.25. The zero-order chi connectivity index (χ0) is 24.8. The van der Waals surface area contributed by atoms with Gasteiger partial charge in [-0.3, -0.25) is 19.2 Å². The SMILES string of the molecule is CC(O)C(NC(=O)C(N)CCCCN)C(=O)NC(CO)C(=O)NC(CCC(N)=O)C(=O)O. The predicted octanol–water partition coefficient (Wildman–Crippen LogP) is -4.38. The van der Waals surface area contributed by atoms with Gasteiger partial charge in [0.15, 0.2) is 0 Å². The summed E-state index contributed by atoms with van der Waals surface area (Å²) in [6.45, 7) is 0.754. The van der Waals surface area contributed by atoms with Crippen molar-refractivity contribution in [2.75, 3.05) is 13.2 Å². The van der Waals surface area contributed by atoms with Crippen molar-refractivity contribution in [1.82, 2.24) is 16.0 Å². The highest BCUT2D eigenvalue weighted by Crippen LogP contribution is 2.02. The quantitative estimate of drug-likeness (QED) is 0.0994. The van der Waals surface area contributed by atoms with Crippen molar-refractivity contribution in [2.45, 2.75) is 69.3 Å². The molecule has 0 bridgehead atoms. The number of carboxylic acid groups (broad SMARTS) is 1. The Hall–Kier alpha value is -2.81. The molecule has 32 heavy (non-hydrogen) atoms. The van der Waals surface area contributed by atoms with Gasteiger partial charge in [-0.15, -0.1) is 0 Å². The second kappa shape index (κ2) is 15.1.